The van der Waals surface area contributed by atoms with Gasteiger partial charge in [0.2, 0.25) is 5.76 Å². The van der Waals surface area contributed by atoms with Gasteiger partial charge in [-0.1, -0.05) is 20.8 Å². The van der Waals surface area contributed by atoms with Crippen LogP contribution >= 0.6 is 0 Å². The van der Waals surface area contributed by atoms with Gasteiger partial charge in [0, 0.05) is 12.2 Å². The highest BCUT2D eigenvalue weighted by Gasteiger charge is 2.14. The minimum Gasteiger partial charge on any atom is -0.475 e. The Bertz CT molecular complexity index is 385. The van der Waals surface area contributed by atoms with Crippen molar-refractivity contribution in [3.8, 4) is 0 Å². The lowest BCUT2D eigenvalue weighted by Crippen LogP contribution is -2.09. The maximum absolute atomic E-state index is 10.8. The average molecular weight is 240 g/mol. The highest BCUT2D eigenvalue weighted by molar-refractivity contribution is 5.86. The Morgan fingerprint density at radius 1 is 1.47 bits per heavy atom. The first kappa shape index (κ1) is 13.8. The first-order valence-electron chi connectivity index (χ1n) is 5.70. The number of aromatic carboxylic acids is 1. The molecule has 0 fully saturated rings. The minimum atomic E-state index is -1.04. The third-order valence-electron chi connectivity index (χ3n) is 2.40. The van der Waals surface area contributed by atoms with Crippen molar-refractivity contribution in [1.29, 1.82) is 0 Å². The van der Waals surface area contributed by atoms with Crippen LogP contribution in [0.1, 0.15) is 49.1 Å². The summed E-state index contributed by atoms with van der Waals surface area (Å²) >= 11 is 0. The van der Waals surface area contributed by atoms with Gasteiger partial charge in [-0.05, 0) is 24.8 Å². The van der Waals surface area contributed by atoms with Gasteiger partial charge in [-0.25, -0.2) is 4.79 Å². The van der Waals surface area contributed by atoms with E-state index in [0.717, 1.165) is 6.42 Å². The second kappa shape index (κ2) is 5.36. The molecule has 4 heteroatoms. The summed E-state index contributed by atoms with van der Waals surface area (Å²) in [5.41, 5.74) is 0.873. The molecule has 1 aromatic heterocycles. The molecule has 0 radical (unpaired) electrons. The van der Waals surface area contributed by atoms with Crippen molar-refractivity contribution in [3.63, 3.8) is 0 Å². The van der Waals surface area contributed by atoms with Crippen LogP contribution in [-0.2, 0) is 11.3 Å². The maximum atomic E-state index is 10.8. The van der Waals surface area contributed by atoms with E-state index in [-0.39, 0.29) is 11.2 Å². The molecule has 4 nitrogen and oxygen atoms in total. The van der Waals surface area contributed by atoms with Crippen molar-refractivity contribution in [3.05, 3.63) is 23.2 Å². The summed E-state index contributed by atoms with van der Waals surface area (Å²) in [6, 6.07) is 1.71. The van der Waals surface area contributed by atoms with Gasteiger partial charge in [-0.2, -0.15) is 0 Å². The van der Waals surface area contributed by atoms with Gasteiger partial charge in [-0.15, -0.1) is 0 Å². The average Bonchev–Trinajstić information content (AvgIpc) is 2.53. The molecule has 0 unspecified atom stereocenters. The fraction of sp³-hybridized carbons (Fsp3) is 0.615. The summed E-state index contributed by atoms with van der Waals surface area (Å²) in [6.45, 7) is 9.13. The summed E-state index contributed by atoms with van der Waals surface area (Å²) in [5.74, 6) is -0.475. The van der Waals surface area contributed by atoms with Gasteiger partial charge < -0.3 is 14.3 Å². The largest absolute Gasteiger partial charge is 0.475 e. The second-order valence-electron chi connectivity index (χ2n) is 5.39. The van der Waals surface area contributed by atoms with Crippen molar-refractivity contribution in [1.82, 2.24) is 0 Å². The molecule has 17 heavy (non-hydrogen) atoms. The first-order chi connectivity index (χ1) is 7.79. The normalized spacial score (nSPS) is 11.8. The van der Waals surface area contributed by atoms with Gasteiger partial charge in [0.1, 0.15) is 12.4 Å². The van der Waals surface area contributed by atoms with E-state index in [9.17, 15) is 4.79 Å². The molecule has 1 rings (SSSR count). The molecule has 0 spiro atoms. The number of ether oxygens (including phenoxy) is 1. The SMILES string of the molecule is Cc1cc(COCCC(C)(C)C)oc1C(=O)O. The number of carbonyl (C=O) groups is 1. The Hall–Kier alpha value is -1.29. The molecule has 0 aliphatic heterocycles. The van der Waals surface area contributed by atoms with Crippen LogP contribution in [0.5, 0.6) is 0 Å². The van der Waals surface area contributed by atoms with Crippen LogP contribution < -0.4 is 0 Å². The minimum absolute atomic E-state index is 0.000536. The summed E-state index contributed by atoms with van der Waals surface area (Å²) in [6.07, 6.45) is 0.957. The smallest absolute Gasteiger partial charge is 0.372 e. The van der Waals surface area contributed by atoms with E-state index in [1.165, 1.54) is 0 Å². The zero-order valence-electron chi connectivity index (χ0n) is 10.9. The van der Waals surface area contributed by atoms with E-state index in [1.807, 2.05) is 0 Å². The van der Waals surface area contributed by atoms with Crippen molar-refractivity contribution < 1.29 is 19.1 Å². The maximum Gasteiger partial charge on any atom is 0.372 e. The zero-order valence-corrected chi connectivity index (χ0v) is 10.9. The zero-order chi connectivity index (χ0) is 13.1. The number of aryl methyl sites for hydroxylation is 1. The molecule has 96 valence electrons. The highest BCUT2D eigenvalue weighted by atomic mass is 16.5. The van der Waals surface area contributed by atoms with Crippen LogP contribution in [0.3, 0.4) is 0 Å². The van der Waals surface area contributed by atoms with Crippen molar-refractivity contribution in [2.75, 3.05) is 6.61 Å². The third kappa shape index (κ3) is 4.61. The molecule has 1 N–H and O–H groups in total. The molecule has 0 aromatic carbocycles. The molecule has 0 saturated heterocycles. The molecule has 0 saturated carbocycles. The van der Waals surface area contributed by atoms with Crippen LogP contribution in [0.2, 0.25) is 0 Å². The Morgan fingerprint density at radius 2 is 2.12 bits per heavy atom. The van der Waals surface area contributed by atoms with Crippen molar-refractivity contribution in [2.45, 2.75) is 40.7 Å². The third-order valence-corrected chi connectivity index (χ3v) is 2.40. The molecule has 1 heterocycles. The van der Waals surface area contributed by atoms with Crippen LogP contribution in [0.4, 0.5) is 0 Å². The first-order valence-corrected chi connectivity index (χ1v) is 5.70. The highest BCUT2D eigenvalue weighted by Crippen LogP contribution is 2.19. The lowest BCUT2D eigenvalue weighted by Gasteiger charge is -2.17. The molecular formula is C13H20O4. The van der Waals surface area contributed by atoms with E-state index < -0.39 is 5.97 Å². The number of hydrogen-bond donors (Lipinski definition) is 1. The van der Waals surface area contributed by atoms with Gasteiger partial charge in [0.05, 0.1) is 0 Å². The Kier molecular flexibility index (Phi) is 4.34. The van der Waals surface area contributed by atoms with Gasteiger partial charge >= 0.3 is 5.97 Å². The summed E-state index contributed by atoms with van der Waals surface area (Å²) in [5, 5.41) is 8.82. The van der Waals surface area contributed by atoms with Crippen LogP contribution in [0.15, 0.2) is 10.5 Å². The fourth-order valence-corrected chi connectivity index (χ4v) is 1.38. The monoisotopic (exact) mass is 240 g/mol. The van der Waals surface area contributed by atoms with Gasteiger partial charge in [0.15, 0.2) is 0 Å². The molecule has 0 aliphatic carbocycles. The number of rotatable bonds is 5. The number of carboxylic acid groups (broad SMARTS) is 1. The Balaban J connectivity index is 2.43. The van der Waals surface area contributed by atoms with E-state index in [1.54, 1.807) is 13.0 Å². The molecule has 0 aliphatic rings. The lowest BCUT2D eigenvalue weighted by molar-refractivity contribution is 0.0636. The molecular weight excluding hydrogens is 220 g/mol. The lowest BCUT2D eigenvalue weighted by atomic mass is 9.93. The molecule has 1 aromatic rings. The summed E-state index contributed by atoms with van der Waals surface area (Å²) in [7, 11) is 0. The molecule has 0 atom stereocenters. The summed E-state index contributed by atoms with van der Waals surface area (Å²) < 4.78 is 10.6. The predicted molar refractivity (Wildman–Crippen MR) is 64.1 cm³/mol. The van der Waals surface area contributed by atoms with E-state index in [4.69, 9.17) is 14.3 Å². The molecule has 0 bridgehead atoms. The van der Waals surface area contributed by atoms with Crippen LogP contribution in [0, 0.1) is 12.3 Å². The van der Waals surface area contributed by atoms with Crippen molar-refractivity contribution in [2.24, 2.45) is 5.41 Å². The Morgan fingerprint density at radius 3 is 2.59 bits per heavy atom. The fourth-order valence-electron chi connectivity index (χ4n) is 1.38. The number of hydrogen-bond acceptors (Lipinski definition) is 3. The Labute approximate surface area is 102 Å². The molecule has 0 amide bonds. The van der Waals surface area contributed by atoms with E-state index in [2.05, 4.69) is 20.8 Å². The number of furan rings is 1. The van der Waals surface area contributed by atoms with Gasteiger partial charge in [0.25, 0.3) is 0 Å². The van der Waals surface area contributed by atoms with Gasteiger partial charge in [-0.3, -0.25) is 0 Å². The van der Waals surface area contributed by atoms with Crippen molar-refractivity contribution >= 4 is 5.97 Å². The van der Waals surface area contributed by atoms with E-state index >= 15 is 0 Å². The van der Waals surface area contributed by atoms with E-state index in [0.29, 0.717) is 24.5 Å². The number of carboxylic acids is 1. The predicted octanol–water partition coefficient (Wildman–Crippen LogP) is 3.24. The quantitative estimate of drug-likeness (QED) is 0.803. The van der Waals surface area contributed by atoms with Crippen LogP contribution in [-0.4, -0.2) is 17.7 Å². The topological polar surface area (TPSA) is 59.7 Å². The van der Waals surface area contributed by atoms with Crippen LogP contribution in [0.25, 0.3) is 0 Å². The second-order valence-corrected chi connectivity index (χ2v) is 5.39. The standard InChI is InChI=1S/C13H20O4/c1-9-7-10(17-11(9)12(14)15)8-16-6-5-13(2,3)4/h7H,5-6,8H2,1-4H3,(H,14,15). The summed E-state index contributed by atoms with van der Waals surface area (Å²) in [4.78, 5) is 10.8.